The van der Waals surface area contributed by atoms with Gasteiger partial charge in [-0.25, -0.2) is 0 Å². The van der Waals surface area contributed by atoms with Gasteiger partial charge in [-0.15, -0.1) is 0 Å². The largest absolute Gasteiger partial charge is 0.391 e. The number of aliphatic hydroxyl groups is 1. The highest BCUT2D eigenvalue weighted by molar-refractivity contribution is 5.97. The third-order valence-electron chi connectivity index (χ3n) is 9.23. The lowest BCUT2D eigenvalue weighted by atomic mass is 9.96. The Morgan fingerprint density at radius 1 is 0.569 bits per heavy atom. The highest BCUT2D eigenvalue weighted by Crippen LogP contribution is 2.12. The molecule has 0 spiro atoms. The summed E-state index contributed by atoms with van der Waals surface area (Å²) in [6, 6.07) is -6.97. The predicted octanol–water partition coefficient (Wildman–Crippen LogP) is -1.71. The first-order chi connectivity index (χ1) is 27.2. The van der Waals surface area contributed by atoms with Crippen LogP contribution in [0.5, 0.6) is 0 Å². The summed E-state index contributed by atoms with van der Waals surface area (Å²) in [5, 5.41) is 31.8. The van der Waals surface area contributed by atoms with Crippen LogP contribution in [0.1, 0.15) is 114 Å². The van der Waals surface area contributed by atoms with Crippen LogP contribution in [-0.2, 0) is 38.4 Å². The van der Waals surface area contributed by atoms with Gasteiger partial charge in [-0.2, -0.15) is 0 Å². The average Bonchev–Trinajstić information content (AvgIpc) is 3.14. The molecule has 0 aliphatic rings. The second-order valence-corrected chi connectivity index (χ2v) is 14.8. The number of carbonyl (C=O) groups is 8. The van der Waals surface area contributed by atoms with E-state index >= 15 is 0 Å². The van der Waals surface area contributed by atoms with Crippen molar-refractivity contribution < 1.29 is 43.5 Å². The zero-order valence-corrected chi connectivity index (χ0v) is 35.8. The minimum Gasteiger partial charge on any atom is -0.391 e. The van der Waals surface area contributed by atoms with Gasteiger partial charge in [-0.1, -0.05) is 47.5 Å². The molecule has 0 aromatic carbocycles. The molecule has 0 saturated carbocycles. The molecule has 332 valence electrons. The molecule has 20 nitrogen and oxygen atoms in total. The highest BCUT2D eigenvalue weighted by atomic mass is 16.3. The van der Waals surface area contributed by atoms with E-state index in [1.807, 2.05) is 6.92 Å². The minimum atomic E-state index is -1.55. The van der Waals surface area contributed by atoms with Gasteiger partial charge in [0.25, 0.3) is 0 Å². The first-order valence-electron chi connectivity index (χ1n) is 20.2. The predicted molar refractivity (Wildman–Crippen MR) is 219 cm³/mol. The average molecular weight is 826 g/mol. The summed E-state index contributed by atoms with van der Waals surface area (Å²) < 4.78 is 0. The number of nitrogens with one attached hydrogen (secondary N) is 8. The number of guanidine groups is 1. The van der Waals surface area contributed by atoms with E-state index in [2.05, 4.69) is 47.5 Å². The molecule has 0 heterocycles. The summed E-state index contributed by atoms with van der Waals surface area (Å²) in [5.74, 6) is -5.56. The molecular weight excluding hydrogens is 754 g/mol. The molecule has 0 aliphatic heterocycles. The zero-order valence-electron chi connectivity index (χ0n) is 35.8. The van der Waals surface area contributed by atoms with Crippen molar-refractivity contribution in [1.29, 1.82) is 0 Å². The maximum atomic E-state index is 13.8. The normalized spacial score (nSPS) is 15.1. The van der Waals surface area contributed by atoms with Gasteiger partial charge in [0.05, 0.1) is 6.10 Å². The lowest BCUT2D eigenvalue weighted by Crippen LogP contribution is -2.62. The fourth-order valence-corrected chi connectivity index (χ4v) is 5.79. The molecule has 0 bridgehead atoms. The van der Waals surface area contributed by atoms with Crippen molar-refractivity contribution in [1.82, 2.24) is 42.5 Å². The highest BCUT2D eigenvalue weighted by Gasteiger charge is 2.36. The van der Waals surface area contributed by atoms with Crippen LogP contribution in [0.15, 0.2) is 4.99 Å². The third-order valence-corrected chi connectivity index (χ3v) is 9.23. The van der Waals surface area contributed by atoms with E-state index in [1.165, 1.54) is 20.8 Å². The number of carbonyl (C=O) groups excluding carboxylic acids is 8. The first kappa shape index (κ1) is 53.0. The molecule has 0 saturated heterocycles. The Bertz CT molecular complexity index is 1390. The van der Waals surface area contributed by atoms with Crippen LogP contribution in [0, 0.1) is 11.8 Å². The second-order valence-electron chi connectivity index (χ2n) is 14.8. The lowest BCUT2D eigenvalue weighted by molar-refractivity contribution is -0.137. The standard InChI is InChI=1S/C38H71N11O9/c1-10-16-26(47-37(58)31(23(7)50)49-36(57)30(22(6)11-2)48-35(56)29(21(4)5)44-25(9)52)33(54)46-28(17-13-14-19-42-24(8)51)34(55)45-27(32(53)41-12-3)18-15-20-43-38(39)40/h21-23,26-31,50H,10-20H2,1-9H3,(H,41,53)(H,42,51)(H,44,52)(H,45,55)(H,46,54)(H,47,58)(H,48,56)(H,49,57)(H4,39,40,43)/t22-,23+,26-,27-,28-,29-,30+,31-/m0/s1. The molecule has 13 N–H and O–H groups in total. The van der Waals surface area contributed by atoms with Crippen LogP contribution >= 0.6 is 0 Å². The fraction of sp³-hybridized carbons (Fsp3) is 0.763. The van der Waals surface area contributed by atoms with E-state index in [9.17, 15) is 43.5 Å². The smallest absolute Gasteiger partial charge is 0.245 e. The molecule has 0 fully saturated rings. The van der Waals surface area contributed by atoms with Gasteiger partial charge in [-0.05, 0) is 64.2 Å². The van der Waals surface area contributed by atoms with Crippen LogP contribution in [0.3, 0.4) is 0 Å². The van der Waals surface area contributed by atoms with Crippen molar-refractivity contribution in [3.8, 4) is 0 Å². The summed E-state index contributed by atoms with van der Waals surface area (Å²) in [4.78, 5) is 108. The Morgan fingerprint density at radius 3 is 1.55 bits per heavy atom. The molecule has 20 heteroatoms. The van der Waals surface area contributed by atoms with Gasteiger partial charge in [0, 0.05) is 33.5 Å². The first-order valence-corrected chi connectivity index (χ1v) is 20.2. The number of nitrogens with two attached hydrogens (primary N) is 2. The van der Waals surface area contributed by atoms with E-state index in [0.717, 1.165) is 0 Å². The van der Waals surface area contributed by atoms with Gasteiger partial charge in [0.1, 0.15) is 36.3 Å². The molecular formula is C38H71N11O9. The molecule has 8 amide bonds. The molecule has 0 unspecified atom stereocenters. The summed E-state index contributed by atoms with van der Waals surface area (Å²) >= 11 is 0. The number of aliphatic imine (C=N–C) groups is 1. The van der Waals surface area contributed by atoms with E-state index in [-0.39, 0.29) is 43.6 Å². The van der Waals surface area contributed by atoms with Crippen LogP contribution in [0.2, 0.25) is 0 Å². The quantitative estimate of drug-likeness (QED) is 0.0240. The number of unbranched alkanes of at least 4 members (excludes halogenated alkanes) is 1. The molecule has 58 heavy (non-hydrogen) atoms. The Kier molecular flexibility index (Phi) is 25.9. The van der Waals surface area contributed by atoms with Crippen LogP contribution in [0.4, 0.5) is 0 Å². The number of rotatable bonds is 28. The topological polar surface area (TPSA) is 317 Å². The van der Waals surface area contributed by atoms with Gasteiger partial charge in [0.15, 0.2) is 5.96 Å². The summed E-state index contributed by atoms with van der Waals surface area (Å²) in [5.41, 5.74) is 10.8. The van der Waals surface area contributed by atoms with Crippen molar-refractivity contribution in [2.75, 3.05) is 19.6 Å². The monoisotopic (exact) mass is 826 g/mol. The van der Waals surface area contributed by atoms with Crippen molar-refractivity contribution in [3.63, 3.8) is 0 Å². The molecule has 0 rings (SSSR count). The van der Waals surface area contributed by atoms with Crippen molar-refractivity contribution in [2.24, 2.45) is 28.3 Å². The van der Waals surface area contributed by atoms with Gasteiger partial charge >= 0.3 is 0 Å². The number of nitrogens with zero attached hydrogens (tertiary/aromatic N) is 1. The lowest BCUT2D eigenvalue weighted by Gasteiger charge is -2.30. The minimum absolute atomic E-state index is 0.115. The second kappa shape index (κ2) is 28.4. The fourth-order valence-electron chi connectivity index (χ4n) is 5.79. The summed E-state index contributed by atoms with van der Waals surface area (Å²) in [7, 11) is 0. The number of amides is 8. The Hall–Kier alpha value is -5.01. The van der Waals surface area contributed by atoms with Gasteiger partial charge in [-0.3, -0.25) is 43.3 Å². The van der Waals surface area contributed by atoms with Crippen LogP contribution in [0.25, 0.3) is 0 Å². The molecule has 0 aromatic heterocycles. The van der Waals surface area contributed by atoms with E-state index in [0.29, 0.717) is 45.2 Å². The van der Waals surface area contributed by atoms with Crippen molar-refractivity contribution in [2.45, 2.75) is 156 Å². The SMILES string of the molecule is CCC[C@H](NC(=O)[C@@H](NC(=O)[C@H](NC(=O)[C@@H](NC(C)=O)C(C)C)[C@@H](C)CC)[C@@H](C)O)C(=O)N[C@@H](CCCCNC(C)=O)C(=O)N[C@@H](CCCN=C(N)N)C(=O)NCC. The summed E-state index contributed by atoms with van der Waals surface area (Å²) in [6.45, 7) is 15.3. The van der Waals surface area contributed by atoms with Crippen molar-refractivity contribution in [3.05, 3.63) is 0 Å². The van der Waals surface area contributed by atoms with Crippen LogP contribution < -0.4 is 54.0 Å². The Labute approximate surface area is 342 Å². The molecule has 0 radical (unpaired) electrons. The molecule has 8 atom stereocenters. The maximum absolute atomic E-state index is 13.8. The number of aliphatic hydroxyl groups excluding tert-OH is 1. The molecule has 0 aliphatic carbocycles. The third kappa shape index (κ3) is 20.9. The zero-order chi connectivity index (χ0) is 44.5. The Balaban J connectivity index is 6.29. The van der Waals surface area contributed by atoms with E-state index in [1.54, 1.807) is 34.6 Å². The van der Waals surface area contributed by atoms with Crippen molar-refractivity contribution >= 4 is 53.2 Å². The number of hydrogen-bond acceptors (Lipinski definition) is 10. The van der Waals surface area contributed by atoms with Crippen LogP contribution in [-0.4, -0.2) is 120 Å². The summed E-state index contributed by atoms with van der Waals surface area (Å²) in [6.07, 6.45) is 1.09. The Morgan fingerprint density at radius 2 is 1.07 bits per heavy atom. The van der Waals surface area contributed by atoms with E-state index in [4.69, 9.17) is 11.5 Å². The maximum Gasteiger partial charge on any atom is 0.245 e. The van der Waals surface area contributed by atoms with Gasteiger partial charge in [0.2, 0.25) is 47.3 Å². The number of likely N-dealkylation sites (N-methyl/N-ethyl adjacent to an activating group) is 1. The van der Waals surface area contributed by atoms with E-state index < -0.39 is 89.6 Å². The number of hydrogen-bond donors (Lipinski definition) is 11. The molecule has 0 aromatic rings. The van der Waals surface area contributed by atoms with Gasteiger partial charge < -0.3 is 59.1 Å².